The highest BCUT2D eigenvalue weighted by Crippen LogP contribution is 2.46. The molecule has 1 aliphatic rings. The van der Waals surface area contributed by atoms with Crippen molar-refractivity contribution in [1.29, 1.82) is 0 Å². The lowest BCUT2D eigenvalue weighted by molar-refractivity contribution is -0.138. The van der Waals surface area contributed by atoms with Crippen molar-refractivity contribution in [2.75, 3.05) is 11.9 Å². The van der Waals surface area contributed by atoms with Crippen LogP contribution in [0.15, 0.2) is 85.2 Å². The van der Waals surface area contributed by atoms with Gasteiger partial charge >= 0.3 is 13.7 Å². The minimum absolute atomic E-state index is 0.109. The maximum atomic E-state index is 13.4. The third-order valence-electron chi connectivity index (χ3n) is 5.89. The predicted octanol–water partition coefficient (Wildman–Crippen LogP) is 3.12. The molecule has 0 saturated heterocycles. The molecule has 0 spiro atoms. The zero-order valence-corrected chi connectivity index (χ0v) is 22.4. The van der Waals surface area contributed by atoms with Crippen molar-refractivity contribution in [2.24, 2.45) is 0 Å². The minimum Gasteiger partial charge on any atom is -0.480 e. The Bertz CT molecular complexity index is 1630. The molecule has 2 aromatic heterocycles. The highest BCUT2D eigenvalue weighted by molar-refractivity contribution is 7.52. The number of carbonyl (C=O) groups is 2. The number of aliphatic carboxylic acids is 1. The number of aliphatic hydroxyl groups excluding tert-OH is 1. The molecule has 3 unspecified atom stereocenters. The largest absolute Gasteiger partial charge is 0.480 e. The second kappa shape index (κ2) is 11.9. The van der Waals surface area contributed by atoms with Crippen LogP contribution in [0, 0.1) is 0 Å². The normalized spacial score (nSPS) is 18.6. The number of rotatable bonds is 11. The maximum absolute atomic E-state index is 13.4. The number of anilines is 1. The van der Waals surface area contributed by atoms with Crippen molar-refractivity contribution in [3.63, 3.8) is 0 Å². The van der Waals surface area contributed by atoms with E-state index in [2.05, 4.69) is 25.4 Å². The van der Waals surface area contributed by atoms with E-state index in [-0.39, 0.29) is 34.4 Å². The number of benzene rings is 2. The first-order chi connectivity index (χ1) is 19.7. The highest BCUT2D eigenvalue weighted by Gasteiger charge is 2.35. The molecule has 1 aliphatic heterocycles. The number of imidazole rings is 1. The van der Waals surface area contributed by atoms with E-state index in [4.69, 9.17) is 13.8 Å². The maximum Gasteiger partial charge on any atom is 0.459 e. The lowest BCUT2D eigenvalue weighted by atomic mass is 10.2. The van der Waals surface area contributed by atoms with Gasteiger partial charge in [-0.3, -0.25) is 18.7 Å². The van der Waals surface area contributed by atoms with E-state index in [1.54, 1.807) is 48.5 Å². The van der Waals surface area contributed by atoms with Gasteiger partial charge in [-0.2, -0.15) is 5.09 Å². The summed E-state index contributed by atoms with van der Waals surface area (Å²) >= 11 is 0. The van der Waals surface area contributed by atoms with Gasteiger partial charge in [0.15, 0.2) is 17.0 Å². The Morgan fingerprint density at radius 2 is 1.80 bits per heavy atom. The average molecular weight is 580 g/mol. The Labute approximate surface area is 233 Å². The number of amides is 1. The molecule has 0 aliphatic carbocycles. The predicted molar refractivity (Wildman–Crippen MR) is 145 cm³/mol. The number of ether oxygens (including phenoxy) is 1. The zero-order valence-electron chi connectivity index (χ0n) is 21.5. The van der Waals surface area contributed by atoms with Crippen LogP contribution in [0.4, 0.5) is 5.82 Å². The van der Waals surface area contributed by atoms with E-state index in [1.807, 2.05) is 0 Å². The molecule has 14 nitrogen and oxygen atoms in total. The summed E-state index contributed by atoms with van der Waals surface area (Å²) in [5.41, 5.74) is 0.978. The van der Waals surface area contributed by atoms with Crippen molar-refractivity contribution in [3.8, 4) is 5.75 Å². The fraction of sp³-hybridized carbons (Fsp3) is 0.192. The molecule has 212 valence electrons. The molecule has 2 aromatic carbocycles. The van der Waals surface area contributed by atoms with Gasteiger partial charge in [0.2, 0.25) is 6.23 Å². The van der Waals surface area contributed by atoms with Crippen LogP contribution in [0.5, 0.6) is 5.75 Å². The molecule has 15 heteroatoms. The number of aliphatic hydroxyl groups is 1. The van der Waals surface area contributed by atoms with E-state index in [9.17, 15) is 24.4 Å². The van der Waals surface area contributed by atoms with E-state index in [1.165, 1.54) is 42.4 Å². The Morgan fingerprint density at radius 3 is 2.51 bits per heavy atom. The van der Waals surface area contributed by atoms with Gasteiger partial charge in [0.05, 0.1) is 0 Å². The Kier molecular flexibility index (Phi) is 8.08. The molecule has 4 aromatic rings. The lowest BCUT2D eigenvalue weighted by Crippen LogP contribution is -2.33. The molecule has 4 N–H and O–H groups in total. The molecule has 3 heterocycles. The number of para-hydroxylation sites is 1. The molecule has 1 amide bonds. The van der Waals surface area contributed by atoms with E-state index >= 15 is 0 Å². The summed E-state index contributed by atoms with van der Waals surface area (Å²) in [6.45, 7) is 0.872. The first-order valence-corrected chi connectivity index (χ1v) is 13.9. The van der Waals surface area contributed by atoms with Gasteiger partial charge in [-0.15, -0.1) is 0 Å². The molecule has 41 heavy (non-hydrogen) atoms. The Morgan fingerprint density at radius 1 is 1.10 bits per heavy atom. The van der Waals surface area contributed by atoms with Crippen LogP contribution in [-0.2, 0) is 18.6 Å². The molecule has 5 rings (SSSR count). The first kappa shape index (κ1) is 27.9. The average Bonchev–Trinajstić information content (AvgIpc) is 3.56. The fourth-order valence-electron chi connectivity index (χ4n) is 3.89. The van der Waals surface area contributed by atoms with E-state index < -0.39 is 38.7 Å². The number of fused-ring (bicyclic) bond motifs is 1. The number of carboxylic acids is 1. The second-order valence-corrected chi connectivity index (χ2v) is 10.6. The lowest BCUT2D eigenvalue weighted by Gasteiger charge is -2.22. The summed E-state index contributed by atoms with van der Waals surface area (Å²) in [7, 11) is -4.20. The number of hydrogen-bond donors (Lipinski definition) is 4. The van der Waals surface area contributed by atoms with Crippen LogP contribution in [0.1, 0.15) is 23.5 Å². The molecule has 0 saturated carbocycles. The number of carbonyl (C=O) groups excluding carboxylic acids is 1. The zero-order chi connectivity index (χ0) is 29.0. The Balaban J connectivity index is 1.30. The number of aromatic nitrogens is 4. The smallest absolute Gasteiger partial charge is 0.459 e. The van der Waals surface area contributed by atoms with Crippen molar-refractivity contribution in [2.45, 2.75) is 25.3 Å². The van der Waals surface area contributed by atoms with Crippen molar-refractivity contribution >= 4 is 36.6 Å². The molecule has 4 atom stereocenters. The van der Waals surface area contributed by atoms with Crippen LogP contribution < -0.4 is 14.9 Å². The number of nitrogens with zero attached hydrogens (tertiary/aromatic N) is 4. The highest BCUT2D eigenvalue weighted by atomic mass is 31.2. The van der Waals surface area contributed by atoms with Crippen molar-refractivity contribution < 1.29 is 38.2 Å². The van der Waals surface area contributed by atoms with Gasteiger partial charge in [0.25, 0.3) is 5.91 Å². The van der Waals surface area contributed by atoms with Gasteiger partial charge in [-0.25, -0.2) is 19.5 Å². The van der Waals surface area contributed by atoms with Gasteiger partial charge in [-0.05, 0) is 37.3 Å². The topological polar surface area (TPSA) is 187 Å². The van der Waals surface area contributed by atoms with E-state index in [0.717, 1.165) is 0 Å². The second-order valence-electron chi connectivity index (χ2n) is 8.86. The van der Waals surface area contributed by atoms with Crippen LogP contribution in [0.2, 0.25) is 0 Å². The molecule has 0 radical (unpaired) electrons. The summed E-state index contributed by atoms with van der Waals surface area (Å²) in [6, 6.07) is 15.5. The van der Waals surface area contributed by atoms with E-state index in [0.29, 0.717) is 5.56 Å². The number of carboxylic acid groups (broad SMARTS) is 1. The fourth-order valence-corrected chi connectivity index (χ4v) is 5.35. The summed E-state index contributed by atoms with van der Waals surface area (Å²) in [4.78, 5) is 36.6. The van der Waals surface area contributed by atoms with Crippen LogP contribution >= 0.6 is 7.75 Å². The Hall–Kier alpha value is -4.62. The van der Waals surface area contributed by atoms with Crippen molar-refractivity contribution in [3.05, 3.63) is 90.7 Å². The van der Waals surface area contributed by atoms with Crippen molar-refractivity contribution in [1.82, 2.24) is 24.6 Å². The third-order valence-corrected chi connectivity index (χ3v) is 7.51. The summed E-state index contributed by atoms with van der Waals surface area (Å²) < 4.78 is 31.7. The monoisotopic (exact) mass is 580 g/mol. The van der Waals surface area contributed by atoms with Gasteiger partial charge in [0.1, 0.15) is 42.9 Å². The third kappa shape index (κ3) is 6.42. The minimum atomic E-state index is -4.20. The van der Waals surface area contributed by atoms with Crippen LogP contribution in [-0.4, -0.2) is 60.4 Å². The molecular weight excluding hydrogens is 555 g/mol. The molecule has 0 bridgehead atoms. The van der Waals surface area contributed by atoms with Gasteiger partial charge < -0.3 is 24.8 Å². The number of hydrogen-bond acceptors (Lipinski definition) is 10. The summed E-state index contributed by atoms with van der Waals surface area (Å²) in [5, 5.41) is 25.1. The van der Waals surface area contributed by atoms with Crippen LogP contribution in [0.3, 0.4) is 0 Å². The van der Waals surface area contributed by atoms with Gasteiger partial charge in [0, 0.05) is 5.56 Å². The number of nitrogens with one attached hydrogen (secondary N) is 2. The van der Waals surface area contributed by atoms with Crippen LogP contribution in [0.25, 0.3) is 11.2 Å². The summed E-state index contributed by atoms with van der Waals surface area (Å²) in [5.74, 6) is -1.17. The molecular formula is C26H25N6O8P. The molecule has 0 fully saturated rings. The van der Waals surface area contributed by atoms with Gasteiger partial charge in [-0.1, -0.05) is 36.4 Å². The summed E-state index contributed by atoms with van der Waals surface area (Å²) in [6.07, 6.45) is 1.77. The SMILES string of the molecule is CC(N[P@](=O)(OCC1=CC(O)C(n2cnc3c(NC(=O)c4ccccc4)ncnc32)O1)Oc1ccccc1)C(=O)O. The quantitative estimate of drug-likeness (QED) is 0.190. The first-order valence-electron chi connectivity index (χ1n) is 12.3. The standard InChI is InChI=1S/C26H25N6O8P/c1-16(26(35)36)31-41(37,40-18-10-6-3-7-11-18)38-13-19-12-20(33)25(39-19)32-15-29-21-22(27-14-28-23(21)32)30-24(34)17-8-4-2-5-9-17/h2-12,14-16,20,25,33H,13H2,1H3,(H,31,37)(H,35,36)(H,27,28,30,34)/t16?,20?,25?,41-/m0/s1.